The summed E-state index contributed by atoms with van der Waals surface area (Å²) in [6, 6.07) is 6.89. The predicted molar refractivity (Wildman–Crippen MR) is 86.1 cm³/mol. The second-order valence-corrected chi connectivity index (χ2v) is 7.43. The van der Waals surface area contributed by atoms with E-state index in [1.54, 1.807) is 38.1 Å². The SMILES string of the molecule is CCCNS(=O)(=O)c1ccccc1N(CC)CC(C)(C)O. The largest absolute Gasteiger partial charge is 0.389 e. The van der Waals surface area contributed by atoms with E-state index in [0.717, 1.165) is 6.42 Å². The average molecular weight is 314 g/mol. The van der Waals surface area contributed by atoms with Crippen LogP contribution in [0.4, 0.5) is 5.69 Å². The summed E-state index contributed by atoms with van der Waals surface area (Å²) in [4.78, 5) is 2.13. The number of anilines is 1. The summed E-state index contributed by atoms with van der Waals surface area (Å²) < 4.78 is 27.4. The van der Waals surface area contributed by atoms with Gasteiger partial charge in [-0.3, -0.25) is 0 Å². The van der Waals surface area contributed by atoms with Crippen LogP contribution in [-0.2, 0) is 10.0 Å². The van der Waals surface area contributed by atoms with E-state index in [1.807, 2.05) is 18.7 Å². The molecule has 0 fully saturated rings. The molecule has 0 amide bonds. The van der Waals surface area contributed by atoms with Crippen molar-refractivity contribution in [1.82, 2.24) is 4.72 Å². The summed E-state index contributed by atoms with van der Waals surface area (Å²) in [6.07, 6.45) is 0.739. The molecule has 6 heteroatoms. The van der Waals surface area contributed by atoms with Crippen LogP contribution in [0.2, 0.25) is 0 Å². The fourth-order valence-corrected chi connectivity index (χ4v) is 3.45. The van der Waals surface area contributed by atoms with Crippen LogP contribution in [0.3, 0.4) is 0 Å². The average Bonchev–Trinajstić information content (AvgIpc) is 2.41. The monoisotopic (exact) mass is 314 g/mol. The lowest BCUT2D eigenvalue weighted by Crippen LogP contribution is -2.39. The summed E-state index contributed by atoms with van der Waals surface area (Å²) >= 11 is 0. The van der Waals surface area contributed by atoms with Crippen molar-refractivity contribution in [3.63, 3.8) is 0 Å². The second kappa shape index (κ2) is 7.24. The standard InChI is InChI=1S/C15H26N2O3S/c1-5-11-16-21(19,20)14-10-8-7-9-13(14)17(6-2)12-15(3,4)18/h7-10,16,18H,5-6,11-12H2,1-4H3. The predicted octanol–water partition coefficient (Wildman–Crippen LogP) is 1.97. The Morgan fingerprint density at radius 2 is 1.86 bits per heavy atom. The van der Waals surface area contributed by atoms with E-state index in [2.05, 4.69) is 4.72 Å². The quantitative estimate of drug-likeness (QED) is 0.770. The highest BCUT2D eigenvalue weighted by molar-refractivity contribution is 7.89. The Morgan fingerprint density at radius 1 is 1.24 bits per heavy atom. The summed E-state index contributed by atoms with van der Waals surface area (Å²) in [5.74, 6) is 0. The molecule has 120 valence electrons. The molecule has 5 nitrogen and oxygen atoms in total. The molecule has 0 heterocycles. The minimum Gasteiger partial charge on any atom is -0.389 e. The molecule has 0 saturated heterocycles. The minimum atomic E-state index is -3.54. The van der Waals surface area contributed by atoms with Crippen LogP contribution in [0.15, 0.2) is 29.2 Å². The normalized spacial score (nSPS) is 12.4. The van der Waals surface area contributed by atoms with Gasteiger partial charge in [-0.15, -0.1) is 0 Å². The third-order valence-electron chi connectivity index (χ3n) is 3.00. The molecule has 1 aromatic carbocycles. The van der Waals surface area contributed by atoms with E-state index in [1.165, 1.54) is 0 Å². The number of hydrogen-bond acceptors (Lipinski definition) is 4. The third kappa shape index (κ3) is 5.30. The smallest absolute Gasteiger partial charge is 0.242 e. The lowest BCUT2D eigenvalue weighted by molar-refractivity contribution is 0.0874. The molecule has 0 bridgehead atoms. The first-order chi connectivity index (χ1) is 9.71. The van der Waals surface area contributed by atoms with Gasteiger partial charge >= 0.3 is 0 Å². The third-order valence-corrected chi connectivity index (χ3v) is 4.51. The van der Waals surface area contributed by atoms with Gasteiger partial charge in [0.2, 0.25) is 10.0 Å². The van der Waals surface area contributed by atoms with Crippen LogP contribution in [0.25, 0.3) is 0 Å². The molecule has 1 aromatic rings. The zero-order valence-electron chi connectivity index (χ0n) is 13.3. The van der Waals surface area contributed by atoms with Crippen molar-refractivity contribution < 1.29 is 13.5 Å². The van der Waals surface area contributed by atoms with Gasteiger partial charge in [0.05, 0.1) is 11.3 Å². The summed E-state index contributed by atoms with van der Waals surface area (Å²) in [5.41, 5.74) is -0.283. The van der Waals surface area contributed by atoms with E-state index in [9.17, 15) is 13.5 Å². The highest BCUT2D eigenvalue weighted by Crippen LogP contribution is 2.26. The van der Waals surface area contributed by atoms with Gasteiger partial charge in [-0.25, -0.2) is 13.1 Å². The number of hydrogen-bond donors (Lipinski definition) is 2. The molecule has 0 aliphatic rings. The van der Waals surface area contributed by atoms with Crippen molar-refractivity contribution in [2.75, 3.05) is 24.5 Å². The highest BCUT2D eigenvalue weighted by Gasteiger charge is 2.24. The molecule has 0 aromatic heterocycles. The molecule has 0 spiro atoms. The van der Waals surface area contributed by atoms with Gasteiger partial charge in [-0.1, -0.05) is 19.1 Å². The van der Waals surface area contributed by atoms with Crippen LogP contribution in [-0.4, -0.2) is 38.8 Å². The Bertz CT molecular complexity index is 550. The van der Waals surface area contributed by atoms with Gasteiger partial charge in [-0.2, -0.15) is 0 Å². The van der Waals surface area contributed by atoms with Gasteiger partial charge in [-0.05, 0) is 39.3 Å². The topological polar surface area (TPSA) is 69.6 Å². The highest BCUT2D eigenvalue weighted by atomic mass is 32.2. The van der Waals surface area contributed by atoms with E-state index in [4.69, 9.17) is 0 Å². The zero-order chi connectivity index (χ0) is 16.1. The number of para-hydroxylation sites is 1. The summed E-state index contributed by atoms with van der Waals surface area (Å²) in [7, 11) is -3.54. The number of nitrogens with zero attached hydrogens (tertiary/aromatic N) is 1. The summed E-state index contributed by atoms with van der Waals surface area (Å²) in [6.45, 7) is 8.67. The Kier molecular flexibility index (Phi) is 6.19. The molecule has 0 aliphatic heterocycles. The molecular formula is C15H26N2O3S. The lowest BCUT2D eigenvalue weighted by Gasteiger charge is -2.31. The molecule has 0 unspecified atom stereocenters. The zero-order valence-corrected chi connectivity index (χ0v) is 14.1. The van der Waals surface area contributed by atoms with Crippen LogP contribution in [0.5, 0.6) is 0 Å². The van der Waals surface area contributed by atoms with Crippen molar-refractivity contribution in [3.8, 4) is 0 Å². The van der Waals surface area contributed by atoms with E-state index < -0.39 is 15.6 Å². The fraction of sp³-hybridized carbons (Fsp3) is 0.600. The van der Waals surface area contributed by atoms with Crippen molar-refractivity contribution in [2.45, 2.75) is 44.6 Å². The maximum absolute atomic E-state index is 12.4. The maximum atomic E-state index is 12.4. The van der Waals surface area contributed by atoms with Crippen LogP contribution in [0, 0.1) is 0 Å². The molecular weight excluding hydrogens is 288 g/mol. The van der Waals surface area contributed by atoms with Gasteiger partial charge in [0.15, 0.2) is 0 Å². The first-order valence-corrected chi connectivity index (χ1v) is 8.75. The Morgan fingerprint density at radius 3 is 2.38 bits per heavy atom. The molecule has 1 rings (SSSR count). The van der Waals surface area contributed by atoms with Crippen LogP contribution in [0.1, 0.15) is 34.1 Å². The first-order valence-electron chi connectivity index (χ1n) is 7.27. The van der Waals surface area contributed by atoms with Crippen molar-refractivity contribution >= 4 is 15.7 Å². The first kappa shape index (κ1) is 17.9. The molecule has 21 heavy (non-hydrogen) atoms. The van der Waals surface area contributed by atoms with Crippen LogP contribution < -0.4 is 9.62 Å². The number of aliphatic hydroxyl groups is 1. The maximum Gasteiger partial charge on any atom is 0.242 e. The van der Waals surface area contributed by atoms with Crippen molar-refractivity contribution in [1.29, 1.82) is 0 Å². The number of nitrogens with one attached hydrogen (secondary N) is 1. The van der Waals surface area contributed by atoms with Gasteiger partial charge < -0.3 is 10.0 Å². The van der Waals surface area contributed by atoms with Crippen molar-refractivity contribution in [2.24, 2.45) is 0 Å². The van der Waals surface area contributed by atoms with Gasteiger partial charge in [0, 0.05) is 19.6 Å². The van der Waals surface area contributed by atoms with E-state index in [0.29, 0.717) is 25.3 Å². The Hall–Kier alpha value is -1.11. The molecule has 0 aliphatic carbocycles. The Labute approximate surface area is 128 Å². The molecule has 0 radical (unpaired) electrons. The number of benzene rings is 1. The fourth-order valence-electron chi connectivity index (χ4n) is 2.09. The van der Waals surface area contributed by atoms with Gasteiger partial charge in [0.25, 0.3) is 0 Å². The summed E-state index contributed by atoms with van der Waals surface area (Å²) in [5, 5.41) is 10.0. The molecule has 0 saturated carbocycles. The Balaban J connectivity index is 3.19. The number of sulfonamides is 1. The van der Waals surface area contributed by atoms with Crippen molar-refractivity contribution in [3.05, 3.63) is 24.3 Å². The van der Waals surface area contributed by atoms with E-state index >= 15 is 0 Å². The van der Waals surface area contributed by atoms with Gasteiger partial charge in [0.1, 0.15) is 4.90 Å². The lowest BCUT2D eigenvalue weighted by atomic mass is 10.1. The number of likely N-dealkylation sites (N-methyl/N-ethyl adjacent to an activating group) is 1. The molecule has 0 atom stereocenters. The van der Waals surface area contributed by atoms with E-state index in [-0.39, 0.29) is 4.90 Å². The van der Waals surface area contributed by atoms with Crippen LogP contribution >= 0.6 is 0 Å². The molecule has 2 N–H and O–H groups in total. The second-order valence-electron chi connectivity index (χ2n) is 5.69. The minimum absolute atomic E-state index is 0.254. The number of rotatable bonds is 8.